The van der Waals surface area contributed by atoms with Crippen molar-refractivity contribution in [2.24, 2.45) is 0 Å². The molecule has 33 heavy (non-hydrogen) atoms. The highest BCUT2D eigenvalue weighted by Crippen LogP contribution is 2.25. The molecule has 2 amide bonds. The molecule has 7 nitrogen and oxygen atoms in total. The molecule has 2 aromatic carbocycles. The first-order valence-corrected chi connectivity index (χ1v) is 12.8. The van der Waals surface area contributed by atoms with E-state index in [-0.39, 0.29) is 23.6 Å². The Balaban J connectivity index is 1.66. The summed E-state index contributed by atoms with van der Waals surface area (Å²) in [7, 11) is 0. The fourth-order valence-electron chi connectivity index (χ4n) is 3.60. The number of aryl methyl sites for hydroxylation is 3. The molecule has 3 rings (SSSR count). The second-order valence-electron chi connectivity index (χ2n) is 7.85. The highest BCUT2D eigenvalue weighted by atomic mass is 127. The van der Waals surface area contributed by atoms with Crippen LogP contribution < -0.4 is 10.6 Å². The molecule has 0 aliphatic heterocycles. The van der Waals surface area contributed by atoms with Crippen LogP contribution in [-0.4, -0.2) is 32.3 Å². The normalized spacial score (nSPS) is 11.8. The van der Waals surface area contributed by atoms with Crippen molar-refractivity contribution in [1.82, 2.24) is 20.1 Å². The Kier molecular flexibility index (Phi) is 8.52. The van der Waals surface area contributed by atoms with Gasteiger partial charge in [0.2, 0.25) is 5.91 Å². The molecule has 174 valence electrons. The van der Waals surface area contributed by atoms with Crippen molar-refractivity contribution < 1.29 is 9.59 Å². The topological polar surface area (TPSA) is 88.9 Å². The van der Waals surface area contributed by atoms with Gasteiger partial charge in [-0.25, -0.2) is 0 Å². The Morgan fingerprint density at radius 2 is 1.76 bits per heavy atom. The predicted molar refractivity (Wildman–Crippen MR) is 141 cm³/mol. The Hall–Kier alpha value is -2.40. The highest BCUT2D eigenvalue weighted by Gasteiger charge is 2.21. The quantitative estimate of drug-likeness (QED) is 0.289. The maximum Gasteiger partial charge on any atom is 0.252 e. The van der Waals surface area contributed by atoms with Gasteiger partial charge in [-0.05, 0) is 92.1 Å². The third-order valence-corrected chi connectivity index (χ3v) is 6.87. The van der Waals surface area contributed by atoms with Crippen LogP contribution in [0.1, 0.15) is 52.8 Å². The molecule has 0 bridgehead atoms. The van der Waals surface area contributed by atoms with Crippen LogP contribution in [0.4, 0.5) is 5.69 Å². The summed E-state index contributed by atoms with van der Waals surface area (Å²) in [5.74, 6) is 0.628. The van der Waals surface area contributed by atoms with Crippen molar-refractivity contribution >= 4 is 51.9 Å². The van der Waals surface area contributed by atoms with Gasteiger partial charge >= 0.3 is 0 Å². The average Bonchev–Trinajstić information content (AvgIpc) is 3.18. The number of nitrogens with zero attached hydrogens (tertiary/aromatic N) is 3. The maximum absolute atomic E-state index is 12.7. The fourth-order valence-corrected chi connectivity index (χ4v) is 5.35. The first-order chi connectivity index (χ1) is 15.7. The molecule has 9 heteroatoms. The van der Waals surface area contributed by atoms with Crippen molar-refractivity contribution in [3.63, 3.8) is 0 Å². The lowest BCUT2D eigenvalue weighted by Gasteiger charge is -2.16. The molecule has 0 fully saturated rings. The number of halogens is 1. The number of thioether (sulfide) groups is 1. The Bertz CT molecular complexity index is 1150. The zero-order chi connectivity index (χ0) is 24.1. The molecule has 0 aliphatic rings. The van der Waals surface area contributed by atoms with E-state index >= 15 is 0 Å². The van der Waals surface area contributed by atoms with Crippen LogP contribution in [-0.2, 0) is 11.3 Å². The molecule has 1 heterocycles. The summed E-state index contributed by atoms with van der Waals surface area (Å²) in [5, 5.41) is 15.2. The van der Waals surface area contributed by atoms with Crippen molar-refractivity contribution in [1.29, 1.82) is 0 Å². The number of carbonyl (C=O) groups is 2. The zero-order valence-electron chi connectivity index (χ0n) is 19.4. The van der Waals surface area contributed by atoms with Crippen molar-refractivity contribution in [3.8, 4) is 0 Å². The van der Waals surface area contributed by atoms with Crippen molar-refractivity contribution in [3.05, 3.63) is 68.0 Å². The lowest BCUT2D eigenvalue weighted by atomic mass is 10.1. The predicted octanol–water partition coefficient (Wildman–Crippen LogP) is 5.05. The lowest BCUT2D eigenvalue weighted by molar-refractivity contribution is -0.113. The minimum Gasteiger partial charge on any atom is -0.342 e. The van der Waals surface area contributed by atoms with Gasteiger partial charge in [0.1, 0.15) is 0 Å². The molecule has 1 atom stereocenters. The summed E-state index contributed by atoms with van der Waals surface area (Å²) in [4.78, 5) is 25.3. The molecule has 0 saturated heterocycles. The smallest absolute Gasteiger partial charge is 0.252 e. The number of anilines is 1. The number of hydrogen-bond acceptors (Lipinski definition) is 5. The fraction of sp³-hybridized carbons (Fsp3) is 0.333. The second-order valence-corrected chi connectivity index (χ2v) is 10.0. The zero-order valence-corrected chi connectivity index (χ0v) is 22.4. The van der Waals surface area contributed by atoms with Crippen LogP contribution >= 0.6 is 34.4 Å². The van der Waals surface area contributed by atoms with Gasteiger partial charge < -0.3 is 15.2 Å². The standard InChI is InChI=1S/C24H28IN5O2S/c1-6-30-22(17(5)26-23(32)19-10-8-7-9-14(19)2)28-29-24(30)33-13-20(31)27-21-15(3)11-18(25)12-16(21)4/h7-12,17H,6,13H2,1-5H3,(H,26,32)(H,27,31)/t17-/m1/s1. The molecule has 2 N–H and O–H groups in total. The van der Waals surface area contributed by atoms with Gasteiger partial charge in [0.15, 0.2) is 11.0 Å². The second kappa shape index (κ2) is 11.1. The largest absolute Gasteiger partial charge is 0.342 e. The number of aromatic nitrogens is 3. The van der Waals surface area contributed by atoms with Crippen LogP contribution in [0.25, 0.3) is 0 Å². The summed E-state index contributed by atoms with van der Waals surface area (Å²) in [6, 6.07) is 11.2. The van der Waals surface area contributed by atoms with Crippen LogP contribution in [0.5, 0.6) is 0 Å². The first kappa shape index (κ1) is 25.2. The van der Waals surface area contributed by atoms with Gasteiger partial charge in [0.25, 0.3) is 5.91 Å². The minimum atomic E-state index is -0.329. The summed E-state index contributed by atoms with van der Waals surface area (Å²) in [5.41, 5.74) is 4.48. The Morgan fingerprint density at radius 3 is 2.39 bits per heavy atom. The molecule has 0 spiro atoms. The third-order valence-electron chi connectivity index (χ3n) is 5.28. The Labute approximate surface area is 212 Å². The van der Waals surface area contributed by atoms with Crippen LogP contribution in [0, 0.1) is 24.3 Å². The maximum atomic E-state index is 12.7. The van der Waals surface area contributed by atoms with Gasteiger partial charge in [-0.2, -0.15) is 0 Å². The van der Waals surface area contributed by atoms with Crippen LogP contribution in [0.3, 0.4) is 0 Å². The van der Waals surface area contributed by atoms with Crippen molar-refractivity contribution in [2.45, 2.75) is 52.4 Å². The van der Waals surface area contributed by atoms with Crippen LogP contribution in [0.2, 0.25) is 0 Å². The van der Waals surface area contributed by atoms with E-state index in [0.717, 1.165) is 25.9 Å². The molecule has 0 aliphatic carbocycles. The average molecular weight is 577 g/mol. The number of carbonyl (C=O) groups excluding carboxylic acids is 2. The number of nitrogens with one attached hydrogen (secondary N) is 2. The molecule has 3 aromatic rings. The van der Waals surface area contributed by atoms with E-state index < -0.39 is 0 Å². The number of benzene rings is 2. The van der Waals surface area contributed by atoms with Crippen LogP contribution in [0.15, 0.2) is 41.6 Å². The molecule has 1 aromatic heterocycles. The SMILES string of the molecule is CCn1c(SCC(=O)Nc2c(C)cc(I)cc2C)nnc1[C@@H](C)NC(=O)c1ccccc1C. The van der Waals surface area contributed by atoms with E-state index in [0.29, 0.717) is 23.1 Å². The molecular weight excluding hydrogens is 549 g/mol. The van der Waals surface area contributed by atoms with Gasteiger partial charge in [-0.3, -0.25) is 9.59 Å². The van der Waals surface area contributed by atoms with Gasteiger partial charge in [0.05, 0.1) is 11.8 Å². The van der Waals surface area contributed by atoms with E-state index in [4.69, 9.17) is 0 Å². The van der Waals surface area contributed by atoms with E-state index in [1.54, 1.807) is 6.07 Å². The number of rotatable bonds is 8. The lowest BCUT2D eigenvalue weighted by Crippen LogP contribution is -2.29. The summed E-state index contributed by atoms with van der Waals surface area (Å²) >= 11 is 3.60. The van der Waals surface area contributed by atoms with Gasteiger partial charge in [-0.15, -0.1) is 10.2 Å². The molecular formula is C24H28IN5O2S. The molecule has 0 saturated carbocycles. The monoisotopic (exact) mass is 577 g/mol. The summed E-state index contributed by atoms with van der Waals surface area (Å²) in [6.45, 7) is 10.4. The van der Waals surface area contributed by atoms with Crippen molar-refractivity contribution in [2.75, 3.05) is 11.1 Å². The first-order valence-electron chi connectivity index (χ1n) is 10.7. The highest BCUT2D eigenvalue weighted by molar-refractivity contribution is 14.1. The van der Waals surface area contributed by atoms with E-state index in [1.807, 2.05) is 69.5 Å². The molecule has 0 radical (unpaired) electrons. The Morgan fingerprint density at radius 1 is 1.09 bits per heavy atom. The van der Waals surface area contributed by atoms with Gasteiger partial charge in [-0.1, -0.05) is 30.0 Å². The third kappa shape index (κ3) is 6.14. The number of amides is 2. The van der Waals surface area contributed by atoms with E-state index in [1.165, 1.54) is 11.8 Å². The van der Waals surface area contributed by atoms with E-state index in [9.17, 15) is 9.59 Å². The minimum absolute atomic E-state index is 0.0967. The van der Waals surface area contributed by atoms with E-state index in [2.05, 4.69) is 43.4 Å². The number of hydrogen-bond donors (Lipinski definition) is 2. The van der Waals surface area contributed by atoms with Gasteiger partial charge in [0, 0.05) is 21.4 Å². The summed E-state index contributed by atoms with van der Waals surface area (Å²) < 4.78 is 3.07. The molecule has 0 unspecified atom stereocenters. The summed E-state index contributed by atoms with van der Waals surface area (Å²) in [6.07, 6.45) is 0.